The van der Waals surface area contributed by atoms with Gasteiger partial charge >= 0.3 is 0 Å². The van der Waals surface area contributed by atoms with E-state index < -0.39 is 0 Å². The smallest absolute Gasteiger partial charge is 0.0602 e. The minimum atomic E-state index is 0.815. The Bertz CT molecular complexity index is 347. The first-order valence-corrected chi connectivity index (χ1v) is 6.85. The Hall–Kier alpha value is -1.18. The summed E-state index contributed by atoms with van der Waals surface area (Å²) in [6, 6.07) is 8.68. The highest BCUT2D eigenvalue weighted by Crippen LogP contribution is 2.28. The quantitative estimate of drug-likeness (QED) is 0.850. The molecule has 0 fully saturated rings. The predicted molar refractivity (Wildman–Crippen MR) is 75.8 cm³/mol. The fourth-order valence-electron chi connectivity index (χ4n) is 2.43. The van der Waals surface area contributed by atoms with E-state index in [-0.39, 0.29) is 0 Å². The van der Waals surface area contributed by atoms with Crippen LogP contribution in [0, 0.1) is 5.92 Å². The molecule has 0 unspecified atom stereocenters. The first-order chi connectivity index (χ1) is 8.27. The van der Waals surface area contributed by atoms with E-state index in [1.807, 2.05) is 0 Å². The van der Waals surface area contributed by atoms with Gasteiger partial charge in [-0.3, -0.25) is 0 Å². The van der Waals surface area contributed by atoms with E-state index in [2.05, 4.69) is 48.3 Å². The fraction of sp³-hybridized carbons (Fsp3) is 0.600. The molecule has 0 bridgehead atoms. The molecule has 0 aromatic heterocycles. The van der Waals surface area contributed by atoms with E-state index in [1.165, 1.54) is 43.7 Å². The van der Waals surface area contributed by atoms with E-state index >= 15 is 0 Å². The molecule has 0 saturated heterocycles. The highest BCUT2D eigenvalue weighted by Gasteiger charge is 2.13. The molecule has 1 aromatic carbocycles. The number of nitrogens with zero attached hydrogens (tertiary/aromatic N) is 1. The van der Waals surface area contributed by atoms with Crippen molar-refractivity contribution < 1.29 is 0 Å². The van der Waals surface area contributed by atoms with Gasteiger partial charge in [-0.2, -0.15) is 0 Å². The molecule has 1 aliphatic rings. The molecular formula is C15H24N2. The van der Waals surface area contributed by atoms with Crippen LogP contribution in [0.2, 0.25) is 0 Å². The summed E-state index contributed by atoms with van der Waals surface area (Å²) in [6.07, 6.45) is 3.86. The summed E-state index contributed by atoms with van der Waals surface area (Å²) in [4.78, 5) is 2.54. The van der Waals surface area contributed by atoms with Gasteiger partial charge in [0.1, 0.15) is 0 Å². The number of nitrogens with one attached hydrogen (secondary N) is 1. The summed E-state index contributed by atoms with van der Waals surface area (Å²) in [5, 5.41) is 3.51. The van der Waals surface area contributed by atoms with Gasteiger partial charge in [-0.15, -0.1) is 0 Å². The van der Waals surface area contributed by atoms with Crippen LogP contribution in [-0.2, 0) is 0 Å². The van der Waals surface area contributed by atoms with Gasteiger partial charge < -0.3 is 10.2 Å². The minimum Gasteiger partial charge on any atom is -0.383 e. The number of benzene rings is 1. The molecule has 17 heavy (non-hydrogen) atoms. The second kappa shape index (κ2) is 5.95. The molecule has 0 atom stereocenters. The lowest BCUT2D eigenvalue weighted by atomic mass is 10.1. The standard InChI is InChI=1S/C15H24N2/c1-13(2)7-5-11-17-12-6-10-16-14-8-3-4-9-15(14)17/h3-4,8-9,13,16H,5-7,10-12H2,1-2H3. The van der Waals surface area contributed by atoms with Crippen LogP contribution in [0.4, 0.5) is 11.4 Å². The summed E-state index contributed by atoms with van der Waals surface area (Å²) in [7, 11) is 0. The van der Waals surface area contributed by atoms with Gasteiger partial charge in [-0.25, -0.2) is 0 Å². The van der Waals surface area contributed by atoms with Crippen LogP contribution in [0.3, 0.4) is 0 Å². The van der Waals surface area contributed by atoms with Gasteiger partial charge in [0.05, 0.1) is 11.4 Å². The summed E-state index contributed by atoms with van der Waals surface area (Å²) in [5.74, 6) is 0.815. The monoisotopic (exact) mass is 232 g/mol. The minimum absolute atomic E-state index is 0.815. The van der Waals surface area contributed by atoms with Crippen LogP contribution in [-0.4, -0.2) is 19.6 Å². The molecular weight excluding hydrogens is 208 g/mol. The maximum absolute atomic E-state index is 3.51. The lowest BCUT2D eigenvalue weighted by Gasteiger charge is -2.24. The SMILES string of the molecule is CC(C)CCCN1CCCNc2ccccc21. The Morgan fingerprint density at radius 2 is 2.12 bits per heavy atom. The molecule has 0 radical (unpaired) electrons. The number of anilines is 2. The van der Waals surface area contributed by atoms with Crippen molar-refractivity contribution in [3.05, 3.63) is 24.3 Å². The van der Waals surface area contributed by atoms with Crippen molar-refractivity contribution in [1.82, 2.24) is 0 Å². The van der Waals surface area contributed by atoms with E-state index in [0.717, 1.165) is 12.5 Å². The highest BCUT2D eigenvalue weighted by atomic mass is 15.2. The van der Waals surface area contributed by atoms with Crippen LogP contribution < -0.4 is 10.2 Å². The van der Waals surface area contributed by atoms with Crippen LogP contribution in [0.5, 0.6) is 0 Å². The van der Waals surface area contributed by atoms with E-state index in [9.17, 15) is 0 Å². The van der Waals surface area contributed by atoms with Gasteiger partial charge in [-0.1, -0.05) is 26.0 Å². The molecule has 0 saturated carbocycles. The zero-order valence-corrected chi connectivity index (χ0v) is 11.1. The molecule has 1 aromatic rings. The third-order valence-electron chi connectivity index (χ3n) is 3.37. The van der Waals surface area contributed by atoms with Gasteiger partial charge in [0.25, 0.3) is 0 Å². The molecule has 0 amide bonds. The molecule has 0 aliphatic carbocycles. The third kappa shape index (κ3) is 3.39. The van der Waals surface area contributed by atoms with E-state index in [0.29, 0.717) is 0 Å². The summed E-state index contributed by atoms with van der Waals surface area (Å²) < 4.78 is 0. The maximum atomic E-state index is 3.51. The van der Waals surface area contributed by atoms with Crippen LogP contribution >= 0.6 is 0 Å². The third-order valence-corrected chi connectivity index (χ3v) is 3.37. The van der Waals surface area contributed by atoms with E-state index in [4.69, 9.17) is 0 Å². The van der Waals surface area contributed by atoms with Crippen molar-refractivity contribution in [3.63, 3.8) is 0 Å². The molecule has 94 valence electrons. The van der Waals surface area contributed by atoms with Gasteiger partial charge in [0.15, 0.2) is 0 Å². The number of rotatable bonds is 4. The molecule has 2 nitrogen and oxygen atoms in total. The fourth-order valence-corrected chi connectivity index (χ4v) is 2.43. The van der Waals surface area contributed by atoms with Crippen molar-refractivity contribution in [2.24, 2.45) is 5.92 Å². The van der Waals surface area contributed by atoms with Crippen LogP contribution in [0.1, 0.15) is 33.1 Å². The Morgan fingerprint density at radius 3 is 2.94 bits per heavy atom. The first-order valence-electron chi connectivity index (χ1n) is 6.85. The van der Waals surface area contributed by atoms with Crippen LogP contribution in [0.25, 0.3) is 0 Å². The van der Waals surface area contributed by atoms with Crippen LogP contribution in [0.15, 0.2) is 24.3 Å². The Morgan fingerprint density at radius 1 is 1.29 bits per heavy atom. The Labute approximate surface area is 105 Å². The normalized spacial score (nSPS) is 15.4. The zero-order valence-electron chi connectivity index (χ0n) is 11.1. The van der Waals surface area contributed by atoms with Crippen molar-refractivity contribution in [3.8, 4) is 0 Å². The van der Waals surface area contributed by atoms with Crippen molar-refractivity contribution in [2.45, 2.75) is 33.1 Å². The highest BCUT2D eigenvalue weighted by molar-refractivity contribution is 5.70. The second-order valence-electron chi connectivity index (χ2n) is 5.32. The van der Waals surface area contributed by atoms with Crippen molar-refractivity contribution in [1.29, 1.82) is 0 Å². The summed E-state index contributed by atoms with van der Waals surface area (Å²) >= 11 is 0. The first kappa shape index (κ1) is 12.3. The summed E-state index contributed by atoms with van der Waals surface area (Å²) in [6.45, 7) is 8.08. The number of hydrogen-bond acceptors (Lipinski definition) is 2. The maximum Gasteiger partial charge on any atom is 0.0602 e. The van der Waals surface area contributed by atoms with Crippen molar-refractivity contribution in [2.75, 3.05) is 29.9 Å². The zero-order chi connectivity index (χ0) is 12.1. The molecule has 1 N–H and O–H groups in total. The van der Waals surface area contributed by atoms with E-state index in [1.54, 1.807) is 0 Å². The molecule has 2 heteroatoms. The summed E-state index contributed by atoms with van der Waals surface area (Å²) in [5.41, 5.74) is 2.68. The van der Waals surface area contributed by atoms with Gasteiger partial charge in [0.2, 0.25) is 0 Å². The lowest BCUT2D eigenvalue weighted by Crippen LogP contribution is -2.25. The molecule has 1 heterocycles. The Balaban J connectivity index is 2.01. The average Bonchev–Trinajstić information content (AvgIpc) is 2.52. The number of para-hydroxylation sites is 2. The topological polar surface area (TPSA) is 15.3 Å². The number of hydrogen-bond donors (Lipinski definition) is 1. The second-order valence-corrected chi connectivity index (χ2v) is 5.32. The molecule has 2 rings (SSSR count). The molecule has 1 aliphatic heterocycles. The van der Waals surface area contributed by atoms with Gasteiger partial charge in [-0.05, 0) is 37.3 Å². The number of fused-ring (bicyclic) bond motifs is 1. The average molecular weight is 232 g/mol. The molecule has 0 spiro atoms. The van der Waals surface area contributed by atoms with Crippen molar-refractivity contribution >= 4 is 11.4 Å². The lowest BCUT2D eigenvalue weighted by molar-refractivity contribution is 0.548. The Kier molecular flexibility index (Phi) is 4.29. The predicted octanol–water partition coefficient (Wildman–Crippen LogP) is 3.74. The largest absolute Gasteiger partial charge is 0.383 e. The van der Waals surface area contributed by atoms with Gasteiger partial charge in [0, 0.05) is 19.6 Å².